The summed E-state index contributed by atoms with van der Waals surface area (Å²) in [6.45, 7) is 0.490. The fourth-order valence-electron chi connectivity index (χ4n) is 5.93. The summed E-state index contributed by atoms with van der Waals surface area (Å²) in [6.07, 6.45) is 0. The highest BCUT2D eigenvalue weighted by Gasteiger charge is 2.32. The number of methoxy groups -OCH3 is 3. The zero-order valence-corrected chi connectivity index (χ0v) is 29.8. The quantitative estimate of drug-likeness (QED) is 0.123. The Morgan fingerprint density at radius 2 is 1.24 bits per heavy atom. The van der Waals surface area contributed by atoms with Crippen molar-refractivity contribution in [3.05, 3.63) is 131 Å². The van der Waals surface area contributed by atoms with Crippen molar-refractivity contribution in [2.24, 2.45) is 0 Å². The highest BCUT2D eigenvalue weighted by atomic mass is 32.2. The maximum absolute atomic E-state index is 15.2. The van der Waals surface area contributed by atoms with Gasteiger partial charge >= 0.3 is 0 Å². The van der Waals surface area contributed by atoms with E-state index in [1.165, 1.54) is 15.6 Å². The molecule has 0 aliphatic rings. The summed E-state index contributed by atoms with van der Waals surface area (Å²) >= 11 is 1.52. The smallest absolute Gasteiger partial charge is 0.244 e. The second-order valence-corrected chi connectivity index (χ2v) is 14.5. The van der Waals surface area contributed by atoms with Gasteiger partial charge in [0.1, 0.15) is 17.2 Å². The van der Waals surface area contributed by atoms with Gasteiger partial charge in [0.15, 0.2) is 5.82 Å². The zero-order chi connectivity index (χ0) is 35.4. The molecule has 0 saturated heterocycles. The zero-order valence-electron chi connectivity index (χ0n) is 28.1. The first-order valence-electron chi connectivity index (χ1n) is 16.0. The number of benzene rings is 5. The number of ether oxygens (including phenoxy) is 3. The second kappa shape index (κ2) is 14.7. The molecule has 51 heavy (non-hydrogen) atoms. The van der Waals surface area contributed by atoms with E-state index in [2.05, 4.69) is 20.5 Å². The minimum atomic E-state index is -4.23. The molecule has 7 aromatic rings. The summed E-state index contributed by atoms with van der Waals surface area (Å²) < 4.78 is 50.5. The van der Waals surface area contributed by atoms with Gasteiger partial charge in [0.05, 0.1) is 48.5 Å². The average Bonchev–Trinajstić information content (AvgIpc) is 3.85. The Morgan fingerprint density at radius 3 is 1.82 bits per heavy atom. The Bertz CT molecular complexity index is 2330. The van der Waals surface area contributed by atoms with E-state index in [0.717, 1.165) is 38.2 Å². The first kappa shape index (κ1) is 33.8. The van der Waals surface area contributed by atoms with Crippen molar-refractivity contribution in [1.29, 1.82) is 0 Å². The molecule has 7 rings (SSSR count). The minimum absolute atomic E-state index is 0.0695. The van der Waals surface area contributed by atoms with E-state index in [9.17, 15) is 0 Å². The van der Waals surface area contributed by atoms with E-state index in [0.29, 0.717) is 35.0 Å². The number of sulfonamides is 1. The number of thiazole rings is 1. The molecule has 258 valence electrons. The molecule has 0 unspecified atom stereocenters. The summed E-state index contributed by atoms with van der Waals surface area (Å²) in [5, 5.41) is 12.8. The standard InChI is InChI=1S/C38H34N6O5S2/c1-47-29-16-10-26(11-17-29)22-43(23-27-12-18-30(48-2)19-13-27)51(45,46)35-9-5-6-32(33-7-4-8-34-37(33)39-25-50-34)36(35)38-40-41-42-44(38)24-28-14-20-31(49-3)21-15-28/h4-21,25H,22-24H2,1-3H3. The lowest BCUT2D eigenvalue weighted by Crippen LogP contribution is -2.31. The largest absolute Gasteiger partial charge is 0.497 e. The van der Waals surface area contributed by atoms with Gasteiger partial charge in [0, 0.05) is 24.2 Å². The fourth-order valence-corrected chi connectivity index (χ4v) is 8.26. The molecule has 0 aliphatic carbocycles. The van der Waals surface area contributed by atoms with Crippen LogP contribution in [0.5, 0.6) is 17.2 Å². The van der Waals surface area contributed by atoms with E-state index >= 15 is 8.42 Å². The third-order valence-corrected chi connectivity index (χ3v) is 11.2. The number of rotatable bonds is 13. The SMILES string of the molecule is COc1ccc(CN(Cc2ccc(OC)cc2)S(=O)(=O)c2cccc(-c3cccc4scnc34)c2-c2nnnn2Cc2ccc(OC)cc2)cc1. The number of aromatic nitrogens is 5. The molecule has 0 bridgehead atoms. The van der Waals surface area contributed by atoms with Gasteiger partial charge in [-0.2, -0.15) is 4.31 Å². The van der Waals surface area contributed by atoms with Crippen molar-refractivity contribution >= 4 is 31.6 Å². The Morgan fingerprint density at radius 1 is 0.686 bits per heavy atom. The molecule has 2 heterocycles. The van der Waals surface area contributed by atoms with Gasteiger partial charge in [-0.15, -0.1) is 16.4 Å². The Balaban J connectivity index is 1.40. The normalized spacial score (nSPS) is 11.6. The third-order valence-electron chi connectivity index (χ3n) is 8.58. The Labute approximate surface area is 299 Å². The van der Waals surface area contributed by atoms with Crippen molar-refractivity contribution in [3.8, 4) is 39.8 Å². The van der Waals surface area contributed by atoms with Gasteiger partial charge in [0.25, 0.3) is 0 Å². The van der Waals surface area contributed by atoms with Crippen LogP contribution in [0.1, 0.15) is 16.7 Å². The molecule has 13 heteroatoms. The van der Waals surface area contributed by atoms with Crippen LogP contribution in [0.3, 0.4) is 0 Å². The molecule has 0 spiro atoms. The van der Waals surface area contributed by atoms with E-state index < -0.39 is 10.0 Å². The highest BCUT2D eigenvalue weighted by molar-refractivity contribution is 7.89. The van der Waals surface area contributed by atoms with Crippen LogP contribution in [0.4, 0.5) is 0 Å². The maximum atomic E-state index is 15.2. The fraction of sp³-hybridized carbons (Fsp3) is 0.158. The lowest BCUT2D eigenvalue weighted by Gasteiger charge is -2.25. The van der Waals surface area contributed by atoms with Gasteiger partial charge in [0.2, 0.25) is 10.0 Å². The van der Waals surface area contributed by atoms with Crippen LogP contribution in [0.15, 0.2) is 120 Å². The predicted octanol–water partition coefficient (Wildman–Crippen LogP) is 7.08. The van der Waals surface area contributed by atoms with Crippen LogP contribution in [0.25, 0.3) is 32.7 Å². The summed E-state index contributed by atoms with van der Waals surface area (Å²) in [5.74, 6) is 2.39. The van der Waals surface area contributed by atoms with Crippen molar-refractivity contribution < 1.29 is 22.6 Å². The molecule has 0 amide bonds. The summed E-state index contributed by atoms with van der Waals surface area (Å²) in [7, 11) is 0.578. The second-order valence-electron chi connectivity index (χ2n) is 11.7. The van der Waals surface area contributed by atoms with Gasteiger partial charge in [-0.05, 0) is 81.2 Å². The van der Waals surface area contributed by atoms with E-state index in [4.69, 9.17) is 14.2 Å². The minimum Gasteiger partial charge on any atom is -0.497 e. The van der Waals surface area contributed by atoms with Crippen LogP contribution in [0, 0.1) is 0 Å². The van der Waals surface area contributed by atoms with Gasteiger partial charge in [-0.1, -0.05) is 60.7 Å². The number of hydrogen-bond acceptors (Lipinski definition) is 10. The van der Waals surface area contributed by atoms with Gasteiger partial charge < -0.3 is 14.2 Å². The average molecular weight is 719 g/mol. The molecule has 0 fully saturated rings. The van der Waals surface area contributed by atoms with Gasteiger partial charge in [-0.3, -0.25) is 0 Å². The number of tetrazole rings is 1. The molecule has 5 aromatic carbocycles. The molecule has 0 N–H and O–H groups in total. The maximum Gasteiger partial charge on any atom is 0.244 e. The summed E-state index contributed by atoms with van der Waals surface area (Å²) in [4.78, 5) is 4.73. The van der Waals surface area contributed by atoms with Crippen molar-refractivity contribution in [3.63, 3.8) is 0 Å². The Kier molecular flexibility index (Phi) is 9.75. The lowest BCUT2D eigenvalue weighted by molar-refractivity contribution is 0.397. The van der Waals surface area contributed by atoms with Crippen LogP contribution < -0.4 is 14.2 Å². The molecule has 0 radical (unpaired) electrons. The molecular weight excluding hydrogens is 685 g/mol. The van der Waals surface area contributed by atoms with Crippen LogP contribution in [-0.2, 0) is 29.7 Å². The molecular formula is C38H34N6O5S2. The lowest BCUT2D eigenvalue weighted by atomic mass is 9.98. The van der Waals surface area contributed by atoms with Crippen LogP contribution >= 0.6 is 11.3 Å². The Hall–Kier alpha value is -5.63. The van der Waals surface area contributed by atoms with Crippen molar-refractivity contribution in [2.75, 3.05) is 21.3 Å². The topological polar surface area (TPSA) is 122 Å². The molecule has 2 aromatic heterocycles. The van der Waals surface area contributed by atoms with Crippen LogP contribution in [-0.4, -0.2) is 59.2 Å². The first-order valence-corrected chi connectivity index (χ1v) is 18.3. The summed E-state index contributed by atoms with van der Waals surface area (Å²) in [5.41, 5.74) is 6.85. The van der Waals surface area contributed by atoms with E-state index in [1.54, 1.807) is 43.7 Å². The predicted molar refractivity (Wildman–Crippen MR) is 196 cm³/mol. The first-order chi connectivity index (χ1) is 24.9. The van der Waals surface area contributed by atoms with Crippen LogP contribution in [0.2, 0.25) is 0 Å². The van der Waals surface area contributed by atoms with Crippen molar-refractivity contribution in [1.82, 2.24) is 29.5 Å². The highest BCUT2D eigenvalue weighted by Crippen LogP contribution is 2.41. The molecule has 0 aliphatic heterocycles. The van der Waals surface area contributed by atoms with Crippen molar-refractivity contribution in [2.45, 2.75) is 24.5 Å². The number of fused-ring (bicyclic) bond motifs is 1. The number of para-hydroxylation sites is 1. The third kappa shape index (κ3) is 7.04. The van der Waals surface area contributed by atoms with Gasteiger partial charge in [-0.25, -0.2) is 18.1 Å². The van der Waals surface area contributed by atoms with E-state index in [1.807, 2.05) is 97.1 Å². The number of nitrogens with zero attached hydrogens (tertiary/aromatic N) is 6. The van der Waals surface area contributed by atoms with E-state index in [-0.39, 0.29) is 18.0 Å². The number of hydrogen-bond donors (Lipinski definition) is 0. The summed E-state index contributed by atoms with van der Waals surface area (Å²) in [6, 6.07) is 33.5. The molecule has 0 saturated carbocycles. The monoisotopic (exact) mass is 718 g/mol. The molecule has 11 nitrogen and oxygen atoms in total. The molecule has 0 atom stereocenters.